The number of pyridine rings is 2. The zero-order valence-electron chi connectivity index (χ0n) is 18.8. The molecule has 4 heterocycles. The Bertz CT molecular complexity index is 1010. The standard InChI is InChI=1S/C20H23F3N4O3.C2H3NO/c1-13-11-15(5-6-24-13)14(2)25-19(28)16-3-4-17(30-12-20(21,22)23)26-18(16)27-7-9-29-10-8-27;4-2-1-3-2/h3-6,11,14H,7-10,12H2,1-2H3,(H,25,28);1H2,(H,3,4). The van der Waals surface area contributed by atoms with Gasteiger partial charge in [0.15, 0.2) is 6.61 Å². The SMILES string of the molecule is Cc1cc(C(C)NC(=O)c2ccc(OCC(F)(F)F)nc2N2CCOCC2)ccn1.O=C1CN1. The summed E-state index contributed by atoms with van der Waals surface area (Å²) < 4.78 is 47.6. The van der Waals surface area contributed by atoms with Gasteiger partial charge in [-0.2, -0.15) is 18.2 Å². The Labute approximate surface area is 194 Å². The fourth-order valence-corrected chi connectivity index (χ4v) is 3.09. The molecule has 0 radical (unpaired) electrons. The smallest absolute Gasteiger partial charge is 0.422 e. The summed E-state index contributed by atoms with van der Waals surface area (Å²) in [5, 5.41) is 5.37. The van der Waals surface area contributed by atoms with Gasteiger partial charge >= 0.3 is 6.18 Å². The molecule has 184 valence electrons. The third-order valence-corrected chi connectivity index (χ3v) is 4.88. The molecule has 12 heteroatoms. The average molecular weight is 481 g/mol. The molecule has 0 bridgehead atoms. The molecule has 0 saturated carbocycles. The van der Waals surface area contributed by atoms with Crippen molar-refractivity contribution in [3.8, 4) is 5.88 Å². The number of morpholine rings is 1. The molecule has 4 rings (SSSR count). The summed E-state index contributed by atoms with van der Waals surface area (Å²) in [7, 11) is 0. The van der Waals surface area contributed by atoms with Crippen LogP contribution in [-0.2, 0) is 9.53 Å². The van der Waals surface area contributed by atoms with Gasteiger partial charge in [0.1, 0.15) is 5.82 Å². The second-order valence-electron chi connectivity index (χ2n) is 7.73. The van der Waals surface area contributed by atoms with E-state index in [9.17, 15) is 22.8 Å². The highest BCUT2D eigenvalue weighted by molar-refractivity contribution is 5.99. The Morgan fingerprint density at radius 1 is 1.29 bits per heavy atom. The number of aryl methyl sites for hydroxylation is 1. The molecule has 2 aliphatic heterocycles. The number of anilines is 1. The molecule has 1 unspecified atom stereocenters. The summed E-state index contributed by atoms with van der Waals surface area (Å²) in [4.78, 5) is 32.5. The van der Waals surface area contributed by atoms with E-state index < -0.39 is 12.8 Å². The third kappa shape index (κ3) is 7.87. The predicted octanol–water partition coefficient (Wildman–Crippen LogP) is 2.17. The van der Waals surface area contributed by atoms with Crippen LogP contribution in [0.25, 0.3) is 0 Å². The van der Waals surface area contributed by atoms with E-state index in [1.54, 1.807) is 11.1 Å². The lowest BCUT2D eigenvalue weighted by molar-refractivity contribution is -0.154. The number of nitrogens with one attached hydrogen (secondary N) is 2. The van der Waals surface area contributed by atoms with Gasteiger partial charge in [0.05, 0.1) is 31.4 Å². The largest absolute Gasteiger partial charge is 0.468 e. The van der Waals surface area contributed by atoms with E-state index in [1.807, 2.05) is 26.0 Å². The summed E-state index contributed by atoms with van der Waals surface area (Å²) in [5.74, 6) is -0.134. The number of hydrogen-bond donors (Lipinski definition) is 2. The van der Waals surface area contributed by atoms with Crippen LogP contribution in [0.2, 0.25) is 0 Å². The Morgan fingerprint density at radius 2 is 1.97 bits per heavy atom. The lowest BCUT2D eigenvalue weighted by Gasteiger charge is -2.29. The first kappa shape index (κ1) is 25.2. The topological polar surface area (TPSA) is 116 Å². The van der Waals surface area contributed by atoms with Crippen LogP contribution >= 0.6 is 0 Å². The number of carbonyl (C=O) groups is 2. The molecule has 1 atom stereocenters. The number of ether oxygens (including phenoxy) is 2. The molecular weight excluding hydrogens is 455 g/mol. The molecule has 34 heavy (non-hydrogen) atoms. The van der Waals surface area contributed by atoms with Gasteiger partial charge < -0.3 is 25.0 Å². The van der Waals surface area contributed by atoms with Crippen molar-refractivity contribution < 1.29 is 32.2 Å². The predicted molar refractivity (Wildman–Crippen MR) is 117 cm³/mol. The highest BCUT2D eigenvalue weighted by atomic mass is 19.4. The van der Waals surface area contributed by atoms with Crippen LogP contribution in [0.1, 0.15) is 34.6 Å². The van der Waals surface area contributed by atoms with E-state index in [2.05, 4.69) is 20.6 Å². The summed E-state index contributed by atoms with van der Waals surface area (Å²) in [5.41, 5.74) is 1.98. The average Bonchev–Trinajstić information content (AvgIpc) is 3.60. The maximum absolute atomic E-state index is 13.0. The quantitative estimate of drug-likeness (QED) is 0.608. The highest BCUT2D eigenvalue weighted by Crippen LogP contribution is 2.25. The molecule has 2 amide bonds. The van der Waals surface area contributed by atoms with Crippen molar-refractivity contribution in [1.82, 2.24) is 20.6 Å². The molecule has 2 N–H and O–H groups in total. The van der Waals surface area contributed by atoms with E-state index in [-0.39, 0.29) is 35.1 Å². The number of aromatic nitrogens is 2. The van der Waals surface area contributed by atoms with Crippen molar-refractivity contribution in [2.24, 2.45) is 0 Å². The molecule has 0 spiro atoms. The summed E-state index contributed by atoms with van der Waals surface area (Å²) in [6.45, 7) is 4.65. The molecular formula is C22H26F3N5O4. The minimum Gasteiger partial charge on any atom is -0.468 e. The van der Waals surface area contributed by atoms with E-state index in [0.717, 1.165) is 11.3 Å². The van der Waals surface area contributed by atoms with Crippen LogP contribution in [0.4, 0.5) is 19.0 Å². The highest BCUT2D eigenvalue weighted by Gasteiger charge is 2.29. The molecule has 2 aromatic heterocycles. The van der Waals surface area contributed by atoms with Crippen molar-refractivity contribution in [3.05, 3.63) is 47.3 Å². The third-order valence-electron chi connectivity index (χ3n) is 4.88. The fourth-order valence-electron chi connectivity index (χ4n) is 3.09. The van der Waals surface area contributed by atoms with E-state index >= 15 is 0 Å². The summed E-state index contributed by atoms with van der Waals surface area (Å²) in [6.07, 6.45) is -2.81. The molecule has 2 fully saturated rings. The monoisotopic (exact) mass is 481 g/mol. The lowest BCUT2D eigenvalue weighted by atomic mass is 10.1. The first-order valence-electron chi connectivity index (χ1n) is 10.7. The maximum Gasteiger partial charge on any atom is 0.422 e. The Kier molecular flexibility index (Phi) is 8.26. The number of amides is 2. The Hall–Kier alpha value is -3.41. The minimum absolute atomic E-state index is 0.167. The molecule has 0 aliphatic carbocycles. The maximum atomic E-state index is 13.0. The molecule has 2 aromatic rings. The van der Waals surface area contributed by atoms with Crippen LogP contribution in [0.15, 0.2) is 30.5 Å². The second-order valence-corrected chi connectivity index (χ2v) is 7.73. The van der Waals surface area contributed by atoms with E-state index in [4.69, 9.17) is 9.47 Å². The van der Waals surface area contributed by atoms with Gasteiger partial charge in [-0.3, -0.25) is 14.6 Å². The van der Waals surface area contributed by atoms with Gasteiger partial charge in [-0.1, -0.05) is 0 Å². The van der Waals surface area contributed by atoms with Gasteiger partial charge in [-0.15, -0.1) is 0 Å². The van der Waals surface area contributed by atoms with Gasteiger partial charge in [0, 0.05) is 31.0 Å². The van der Waals surface area contributed by atoms with Gasteiger partial charge in [-0.05, 0) is 37.6 Å². The number of rotatable bonds is 6. The number of carbonyl (C=O) groups excluding carboxylic acids is 2. The summed E-state index contributed by atoms with van der Waals surface area (Å²) >= 11 is 0. The Balaban J connectivity index is 0.000000732. The zero-order valence-corrected chi connectivity index (χ0v) is 18.8. The first-order chi connectivity index (χ1) is 16.1. The second kappa shape index (κ2) is 11.1. The number of hydrogen-bond acceptors (Lipinski definition) is 7. The lowest BCUT2D eigenvalue weighted by Crippen LogP contribution is -2.39. The van der Waals surface area contributed by atoms with Crippen molar-refractivity contribution in [2.75, 3.05) is 44.4 Å². The molecule has 2 aliphatic rings. The Morgan fingerprint density at radius 3 is 2.56 bits per heavy atom. The van der Waals surface area contributed by atoms with Gasteiger partial charge in [-0.25, -0.2) is 0 Å². The van der Waals surface area contributed by atoms with Crippen LogP contribution in [0.5, 0.6) is 5.88 Å². The number of nitrogens with zero attached hydrogens (tertiary/aromatic N) is 3. The molecule has 2 saturated heterocycles. The van der Waals surface area contributed by atoms with Crippen molar-refractivity contribution in [2.45, 2.75) is 26.1 Å². The van der Waals surface area contributed by atoms with Crippen LogP contribution in [0, 0.1) is 6.92 Å². The van der Waals surface area contributed by atoms with Gasteiger partial charge in [0.25, 0.3) is 5.91 Å². The van der Waals surface area contributed by atoms with E-state index in [1.165, 1.54) is 12.1 Å². The van der Waals surface area contributed by atoms with Crippen molar-refractivity contribution in [3.63, 3.8) is 0 Å². The van der Waals surface area contributed by atoms with Crippen molar-refractivity contribution in [1.29, 1.82) is 0 Å². The normalized spacial score (nSPS) is 16.0. The first-order valence-corrected chi connectivity index (χ1v) is 10.7. The van der Waals surface area contributed by atoms with Crippen LogP contribution in [0.3, 0.4) is 0 Å². The molecule has 9 nitrogen and oxygen atoms in total. The minimum atomic E-state index is -4.48. The number of halogens is 3. The zero-order chi connectivity index (χ0) is 24.7. The number of alkyl halides is 3. The van der Waals surface area contributed by atoms with E-state index in [0.29, 0.717) is 32.8 Å². The van der Waals surface area contributed by atoms with Crippen molar-refractivity contribution >= 4 is 17.6 Å². The molecule has 0 aromatic carbocycles. The van der Waals surface area contributed by atoms with Crippen LogP contribution in [-0.4, -0.2) is 67.4 Å². The fraction of sp³-hybridized carbons (Fsp3) is 0.455. The summed E-state index contributed by atoms with van der Waals surface area (Å²) in [6, 6.07) is 6.10. The van der Waals surface area contributed by atoms with Crippen LogP contribution < -0.4 is 20.3 Å². The van der Waals surface area contributed by atoms with Gasteiger partial charge in [0.2, 0.25) is 11.8 Å².